The van der Waals surface area contributed by atoms with Gasteiger partial charge in [-0.1, -0.05) is 48.5 Å². The summed E-state index contributed by atoms with van der Waals surface area (Å²) in [4.78, 5) is 28.5. The fourth-order valence-corrected chi connectivity index (χ4v) is 3.75. The van der Waals surface area contributed by atoms with Crippen LogP contribution in [0.3, 0.4) is 0 Å². The minimum atomic E-state index is -0.667. The maximum atomic E-state index is 13.1. The van der Waals surface area contributed by atoms with Crippen molar-refractivity contribution in [3.05, 3.63) is 90.1 Å². The molecule has 1 N–H and O–H groups in total. The lowest BCUT2D eigenvalue weighted by molar-refractivity contribution is -0.149. The van der Waals surface area contributed by atoms with Crippen LogP contribution in [0.4, 0.5) is 9.52 Å². The number of nitrogens with one attached hydrogen (secondary N) is 1. The van der Waals surface area contributed by atoms with Crippen molar-refractivity contribution < 1.29 is 23.5 Å². The second-order valence-electron chi connectivity index (χ2n) is 6.90. The predicted octanol–water partition coefficient (Wildman–Crippen LogP) is 5.18. The van der Waals surface area contributed by atoms with E-state index in [0.717, 1.165) is 16.7 Å². The van der Waals surface area contributed by atoms with Crippen molar-refractivity contribution in [2.24, 2.45) is 0 Å². The lowest BCUT2D eigenvalue weighted by Crippen LogP contribution is -2.23. The highest BCUT2D eigenvalue weighted by molar-refractivity contribution is 7.14. The Balaban J connectivity index is 1.26. The van der Waals surface area contributed by atoms with Crippen LogP contribution >= 0.6 is 11.3 Å². The fourth-order valence-electron chi connectivity index (χ4n) is 3.01. The van der Waals surface area contributed by atoms with Gasteiger partial charge < -0.3 is 9.47 Å². The average molecular weight is 463 g/mol. The van der Waals surface area contributed by atoms with Crippen LogP contribution in [-0.2, 0) is 14.3 Å². The monoisotopic (exact) mass is 462 g/mol. The SMILES string of the molecule is O=C(COC(=O)COc1ccccc1-c1ccccc1)Nc1nc(-c2ccc(F)cc2)cs1. The van der Waals surface area contributed by atoms with Crippen molar-refractivity contribution >= 4 is 28.3 Å². The number of hydrogen-bond donors (Lipinski definition) is 1. The van der Waals surface area contributed by atoms with Crippen LogP contribution in [0, 0.1) is 5.82 Å². The van der Waals surface area contributed by atoms with E-state index in [9.17, 15) is 14.0 Å². The molecule has 33 heavy (non-hydrogen) atoms. The number of halogens is 1. The molecule has 1 aromatic heterocycles. The number of nitrogens with zero attached hydrogens (tertiary/aromatic N) is 1. The lowest BCUT2D eigenvalue weighted by atomic mass is 10.1. The third kappa shape index (κ3) is 6.02. The van der Waals surface area contributed by atoms with Crippen LogP contribution < -0.4 is 10.1 Å². The Morgan fingerprint density at radius 1 is 0.879 bits per heavy atom. The highest BCUT2D eigenvalue weighted by atomic mass is 32.1. The highest BCUT2D eigenvalue weighted by Crippen LogP contribution is 2.29. The minimum Gasteiger partial charge on any atom is -0.481 e. The number of aromatic nitrogens is 1. The van der Waals surface area contributed by atoms with E-state index in [-0.39, 0.29) is 12.4 Å². The van der Waals surface area contributed by atoms with Crippen LogP contribution in [0.15, 0.2) is 84.2 Å². The smallest absolute Gasteiger partial charge is 0.344 e. The van der Waals surface area contributed by atoms with Crippen LogP contribution in [-0.4, -0.2) is 30.1 Å². The molecule has 0 radical (unpaired) electrons. The Labute approximate surface area is 193 Å². The Kier molecular flexibility index (Phi) is 7.06. The van der Waals surface area contributed by atoms with Gasteiger partial charge in [0, 0.05) is 16.5 Å². The van der Waals surface area contributed by atoms with E-state index in [1.54, 1.807) is 23.6 Å². The second-order valence-corrected chi connectivity index (χ2v) is 7.76. The van der Waals surface area contributed by atoms with E-state index in [2.05, 4.69) is 10.3 Å². The van der Waals surface area contributed by atoms with Gasteiger partial charge in [0.1, 0.15) is 11.6 Å². The quantitative estimate of drug-likeness (QED) is 0.365. The summed E-state index contributed by atoms with van der Waals surface area (Å²) in [5, 5.41) is 4.67. The first kappa shape index (κ1) is 22.2. The summed E-state index contributed by atoms with van der Waals surface area (Å²) in [7, 11) is 0. The molecule has 0 aliphatic heterocycles. The zero-order chi connectivity index (χ0) is 23.0. The third-order valence-corrected chi connectivity index (χ3v) is 5.33. The first-order valence-corrected chi connectivity index (χ1v) is 10.9. The van der Waals surface area contributed by atoms with E-state index in [4.69, 9.17) is 9.47 Å². The molecular weight excluding hydrogens is 443 g/mol. The Bertz CT molecular complexity index is 1240. The number of thiazole rings is 1. The van der Waals surface area contributed by atoms with Gasteiger partial charge in [-0.25, -0.2) is 14.2 Å². The van der Waals surface area contributed by atoms with Gasteiger partial charge in [0.2, 0.25) is 0 Å². The fraction of sp³-hybridized carbons (Fsp3) is 0.0800. The van der Waals surface area contributed by atoms with E-state index in [1.807, 2.05) is 48.5 Å². The Morgan fingerprint density at radius 2 is 1.61 bits per heavy atom. The Morgan fingerprint density at radius 3 is 2.39 bits per heavy atom. The summed E-state index contributed by atoms with van der Waals surface area (Å²) >= 11 is 1.22. The maximum Gasteiger partial charge on any atom is 0.344 e. The molecule has 4 aromatic rings. The van der Waals surface area contributed by atoms with Crippen LogP contribution in [0.1, 0.15) is 0 Å². The van der Waals surface area contributed by atoms with Crippen molar-refractivity contribution in [1.29, 1.82) is 0 Å². The molecule has 1 heterocycles. The zero-order valence-electron chi connectivity index (χ0n) is 17.4. The van der Waals surface area contributed by atoms with E-state index in [0.29, 0.717) is 16.6 Å². The van der Waals surface area contributed by atoms with Gasteiger partial charge >= 0.3 is 5.97 Å². The largest absolute Gasteiger partial charge is 0.481 e. The molecule has 0 unspecified atom stereocenters. The number of ether oxygens (including phenoxy) is 2. The maximum absolute atomic E-state index is 13.1. The number of esters is 1. The molecule has 0 atom stereocenters. The van der Waals surface area contributed by atoms with Crippen molar-refractivity contribution in [2.45, 2.75) is 0 Å². The van der Waals surface area contributed by atoms with Crippen molar-refractivity contribution in [3.8, 4) is 28.1 Å². The van der Waals surface area contributed by atoms with Gasteiger partial charge in [0.25, 0.3) is 5.91 Å². The molecule has 1 amide bonds. The third-order valence-electron chi connectivity index (χ3n) is 4.57. The predicted molar refractivity (Wildman–Crippen MR) is 124 cm³/mol. The molecular formula is C25H19FN2O4S. The van der Waals surface area contributed by atoms with Crippen molar-refractivity contribution in [3.63, 3.8) is 0 Å². The molecule has 0 aliphatic carbocycles. The summed E-state index contributed by atoms with van der Waals surface area (Å²) in [6.45, 7) is -0.795. The lowest BCUT2D eigenvalue weighted by Gasteiger charge is -2.11. The van der Waals surface area contributed by atoms with Gasteiger partial charge in [-0.05, 0) is 35.9 Å². The van der Waals surface area contributed by atoms with Crippen LogP contribution in [0.2, 0.25) is 0 Å². The summed E-state index contributed by atoms with van der Waals surface area (Å²) < 4.78 is 23.7. The first-order chi connectivity index (χ1) is 16.1. The summed E-state index contributed by atoms with van der Waals surface area (Å²) in [6, 6.07) is 22.9. The summed E-state index contributed by atoms with van der Waals surface area (Å²) in [5.74, 6) is -0.981. The normalized spacial score (nSPS) is 10.5. The first-order valence-electron chi connectivity index (χ1n) is 10.0. The van der Waals surface area contributed by atoms with E-state index < -0.39 is 18.5 Å². The zero-order valence-corrected chi connectivity index (χ0v) is 18.2. The molecule has 0 spiro atoms. The number of carbonyl (C=O) groups is 2. The average Bonchev–Trinajstić information content (AvgIpc) is 3.31. The molecule has 0 saturated heterocycles. The number of benzene rings is 3. The molecule has 0 bridgehead atoms. The number of hydrogen-bond acceptors (Lipinski definition) is 6. The topological polar surface area (TPSA) is 77.5 Å². The molecule has 0 saturated carbocycles. The standard InChI is InChI=1S/C25H19FN2O4S/c26-19-12-10-18(11-13-19)21-16-33-25(27-21)28-23(29)14-32-24(30)15-31-22-9-5-4-8-20(22)17-6-2-1-3-7-17/h1-13,16H,14-15H2,(H,27,28,29). The number of para-hydroxylation sites is 1. The van der Waals surface area contributed by atoms with Gasteiger partial charge in [0.05, 0.1) is 5.69 Å². The molecule has 0 fully saturated rings. The Hall–Kier alpha value is -4.04. The van der Waals surface area contributed by atoms with E-state index in [1.165, 1.54) is 23.5 Å². The van der Waals surface area contributed by atoms with Crippen molar-refractivity contribution in [2.75, 3.05) is 18.5 Å². The van der Waals surface area contributed by atoms with Gasteiger partial charge in [-0.2, -0.15) is 0 Å². The van der Waals surface area contributed by atoms with Crippen LogP contribution in [0.25, 0.3) is 22.4 Å². The summed E-state index contributed by atoms with van der Waals surface area (Å²) in [5.41, 5.74) is 3.15. The number of amides is 1. The molecule has 0 aliphatic rings. The van der Waals surface area contributed by atoms with Crippen LogP contribution in [0.5, 0.6) is 5.75 Å². The molecule has 6 nitrogen and oxygen atoms in total. The number of rotatable bonds is 8. The minimum absolute atomic E-state index is 0.330. The van der Waals surface area contributed by atoms with E-state index >= 15 is 0 Å². The van der Waals surface area contributed by atoms with Gasteiger partial charge in [0.15, 0.2) is 18.3 Å². The second kappa shape index (κ2) is 10.5. The highest BCUT2D eigenvalue weighted by Gasteiger charge is 2.13. The summed E-state index contributed by atoms with van der Waals surface area (Å²) in [6.07, 6.45) is 0. The van der Waals surface area contributed by atoms with Crippen molar-refractivity contribution in [1.82, 2.24) is 4.98 Å². The molecule has 4 rings (SSSR count). The molecule has 166 valence electrons. The van der Waals surface area contributed by atoms with Gasteiger partial charge in [-0.15, -0.1) is 11.3 Å². The number of carbonyl (C=O) groups excluding carboxylic acids is 2. The molecule has 8 heteroatoms. The number of anilines is 1. The molecule has 3 aromatic carbocycles. The van der Waals surface area contributed by atoms with Gasteiger partial charge in [-0.3, -0.25) is 10.1 Å².